The van der Waals surface area contributed by atoms with Crippen molar-refractivity contribution in [2.75, 3.05) is 19.4 Å². The van der Waals surface area contributed by atoms with Crippen molar-refractivity contribution in [1.29, 1.82) is 0 Å². The predicted octanol–water partition coefficient (Wildman–Crippen LogP) is 3.95. The lowest BCUT2D eigenvalue weighted by Gasteiger charge is -2.13. The highest BCUT2D eigenvalue weighted by atomic mass is 32.2. The van der Waals surface area contributed by atoms with Crippen LogP contribution in [0.5, 0.6) is 0 Å². The van der Waals surface area contributed by atoms with E-state index in [-0.39, 0.29) is 28.9 Å². The number of anilines is 1. The number of nitrogens with zero attached hydrogens (tertiary/aromatic N) is 3. The van der Waals surface area contributed by atoms with E-state index in [9.17, 15) is 26.4 Å². The number of nitrogens with one attached hydrogen (secondary N) is 1. The predicted molar refractivity (Wildman–Crippen MR) is 115 cm³/mol. The second-order valence-electron chi connectivity index (χ2n) is 7.70. The molecule has 0 atom stereocenters. The summed E-state index contributed by atoms with van der Waals surface area (Å²) in [5, 5.41) is 2.69. The van der Waals surface area contributed by atoms with Crippen molar-refractivity contribution in [2.24, 2.45) is 0 Å². The first-order valence-corrected chi connectivity index (χ1v) is 11.1. The van der Waals surface area contributed by atoms with E-state index in [1.807, 2.05) is 19.9 Å². The molecule has 7 nitrogen and oxygen atoms in total. The molecule has 0 aliphatic heterocycles. The second-order valence-corrected chi connectivity index (χ2v) is 9.85. The van der Waals surface area contributed by atoms with Crippen LogP contribution in [-0.2, 0) is 27.5 Å². The second kappa shape index (κ2) is 8.55. The molecule has 2 aromatic carbocycles. The summed E-state index contributed by atoms with van der Waals surface area (Å²) in [7, 11) is -1.18. The number of amides is 1. The number of aromatic nitrogens is 2. The summed E-state index contributed by atoms with van der Waals surface area (Å²) in [4.78, 5) is 15.8. The number of imidazole rings is 1. The molecule has 1 heterocycles. The Hall–Kier alpha value is -2.92. The molecular weight excluding hydrogens is 445 g/mol. The Labute approximate surface area is 183 Å². The van der Waals surface area contributed by atoms with Gasteiger partial charge < -0.3 is 9.88 Å². The molecule has 0 unspecified atom stereocenters. The van der Waals surface area contributed by atoms with Crippen LogP contribution in [-0.4, -0.2) is 42.3 Å². The van der Waals surface area contributed by atoms with Gasteiger partial charge in [0.05, 0.1) is 15.9 Å². The molecule has 0 radical (unpaired) electrons. The Balaban J connectivity index is 1.91. The third-order valence-corrected chi connectivity index (χ3v) is 6.63. The van der Waals surface area contributed by atoms with Crippen LogP contribution in [0.2, 0.25) is 0 Å². The Morgan fingerprint density at radius 1 is 1.09 bits per heavy atom. The highest BCUT2D eigenvalue weighted by Crippen LogP contribution is 2.32. The molecule has 1 aromatic heterocycles. The van der Waals surface area contributed by atoms with Gasteiger partial charge in [0.15, 0.2) is 0 Å². The van der Waals surface area contributed by atoms with Gasteiger partial charge in [0.1, 0.15) is 0 Å². The quantitative estimate of drug-likeness (QED) is 0.594. The van der Waals surface area contributed by atoms with Gasteiger partial charge in [-0.3, -0.25) is 4.79 Å². The molecule has 1 N–H and O–H groups in total. The van der Waals surface area contributed by atoms with E-state index >= 15 is 0 Å². The summed E-state index contributed by atoms with van der Waals surface area (Å²) in [6.45, 7) is 3.48. The Bertz CT molecular complexity index is 1260. The van der Waals surface area contributed by atoms with Crippen LogP contribution in [0.25, 0.3) is 11.0 Å². The molecule has 0 aliphatic carbocycles. The van der Waals surface area contributed by atoms with Crippen LogP contribution in [0.15, 0.2) is 41.3 Å². The SMILES string of the molecule is Cc1cc(C)cc(NC(=O)CCn2c(C(F)(F)F)nc3cc(S(=O)(=O)N(C)C)ccc32)c1. The largest absolute Gasteiger partial charge is 0.449 e. The maximum atomic E-state index is 13.6. The highest BCUT2D eigenvalue weighted by molar-refractivity contribution is 7.89. The molecule has 0 saturated heterocycles. The molecule has 172 valence electrons. The Kier molecular flexibility index (Phi) is 6.34. The fraction of sp³-hybridized carbons (Fsp3) is 0.333. The number of hydrogen-bond donors (Lipinski definition) is 1. The van der Waals surface area contributed by atoms with E-state index in [4.69, 9.17) is 0 Å². The van der Waals surface area contributed by atoms with E-state index in [0.717, 1.165) is 26.1 Å². The molecule has 3 aromatic rings. The fourth-order valence-corrected chi connectivity index (χ4v) is 4.33. The minimum Gasteiger partial charge on any atom is -0.326 e. The standard InChI is InChI=1S/C21H23F3N4O3S/c1-13-9-14(2)11-15(10-13)25-19(29)7-8-28-18-6-5-16(32(30,31)27(3)4)12-17(18)26-20(28)21(22,23)24/h5-6,9-12H,7-8H2,1-4H3,(H,25,29). The summed E-state index contributed by atoms with van der Waals surface area (Å²) in [5.74, 6) is -1.64. The lowest BCUT2D eigenvalue weighted by atomic mass is 10.1. The van der Waals surface area contributed by atoms with Gasteiger partial charge in [0.25, 0.3) is 0 Å². The highest BCUT2D eigenvalue weighted by Gasteiger charge is 2.38. The minimum absolute atomic E-state index is 0.0919. The number of carbonyl (C=O) groups excluding carboxylic acids is 1. The number of halogens is 3. The van der Waals surface area contributed by atoms with Gasteiger partial charge in [-0.05, 0) is 55.3 Å². The van der Waals surface area contributed by atoms with Gasteiger partial charge in [-0.2, -0.15) is 13.2 Å². The van der Waals surface area contributed by atoms with Crippen molar-refractivity contribution in [3.05, 3.63) is 53.3 Å². The molecule has 0 fully saturated rings. The summed E-state index contributed by atoms with van der Waals surface area (Å²) in [6.07, 6.45) is -5.00. The maximum absolute atomic E-state index is 13.6. The van der Waals surface area contributed by atoms with Gasteiger partial charge in [-0.1, -0.05) is 6.07 Å². The van der Waals surface area contributed by atoms with Crippen LogP contribution in [0.1, 0.15) is 23.4 Å². The lowest BCUT2D eigenvalue weighted by molar-refractivity contribution is -0.147. The molecule has 32 heavy (non-hydrogen) atoms. The third-order valence-electron chi connectivity index (χ3n) is 4.82. The van der Waals surface area contributed by atoms with Crippen LogP contribution >= 0.6 is 0 Å². The van der Waals surface area contributed by atoms with Crippen molar-refractivity contribution in [2.45, 2.75) is 37.9 Å². The van der Waals surface area contributed by atoms with Crippen molar-refractivity contribution >= 4 is 32.7 Å². The Morgan fingerprint density at radius 2 is 1.72 bits per heavy atom. The molecule has 3 rings (SSSR count). The average Bonchev–Trinajstić information content (AvgIpc) is 3.03. The van der Waals surface area contributed by atoms with Gasteiger partial charge in [-0.15, -0.1) is 0 Å². The van der Waals surface area contributed by atoms with E-state index in [0.29, 0.717) is 5.69 Å². The van der Waals surface area contributed by atoms with Gasteiger partial charge in [-0.25, -0.2) is 17.7 Å². The smallest absolute Gasteiger partial charge is 0.326 e. The number of sulfonamides is 1. The lowest BCUT2D eigenvalue weighted by Crippen LogP contribution is -2.22. The first kappa shape index (κ1) is 23.7. The third kappa shape index (κ3) is 4.94. The van der Waals surface area contributed by atoms with Crippen molar-refractivity contribution in [3.63, 3.8) is 0 Å². The van der Waals surface area contributed by atoms with Crippen molar-refractivity contribution in [3.8, 4) is 0 Å². The van der Waals surface area contributed by atoms with Crippen LogP contribution in [0.3, 0.4) is 0 Å². The van der Waals surface area contributed by atoms with Crippen LogP contribution in [0, 0.1) is 13.8 Å². The molecule has 0 aliphatic rings. The number of fused-ring (bicyclic) bond motifs is 1. The number of aryl methyl sites for hydroxylation is 3. The molecule has 1 amide bonds. The van der Waals surface area contributed by atoms with E-state index in [1.54, 1.807) is 12.1 Å². The summed E-state index contributed by atoms with van der Waals surface area (Å²) < 4.78 is 67.3. The number of benzene rings is 2. The van der Waals surface area contributed by atoms with Crippen molar-refractivity contribution in [1.82, 2.24) is 13.9 Å². The molecule has 0 bridgehead atoms. The van der Waals surface area contributed by atoms with E-state index in [1.165, 1.54) is 26.2 Å². The van der Waals surface area contributed by atoms with Gasteiger partial charge in [0, 0.05) is 32.7 Å². The normalized spacial score (nSPS) is 12.5. The van der Waals surface area contributed by atoms with E-state index in [2.05, 4.69) is 10.3 Å². The molecule has 0 saturated carbocycles. The topological polar surface area (TPSA) is 84.3 Å². The fourth-order valence-electron chi connectivity index (χ4n) is 3.41. The Morgan fingerprint density at radius 3 is 2.28 bits per heavy atom. The molecular formula is C21H23F3N4O3S. The first-order valence-electron chi connectivity index (χ1n) is 9.67. The summed E-state index contributed by atoms with van der Waals surface area (Å²) in [6, 6.07) is 9.08. The number of rotatable bonds is 6. The van der Waals surface area contributed by atoms with Crippen molar-refractivity contribution < 1.29 is 26.4 Å². The maximum Gasteiger partial charge on any atom is 0.449 e. The summed E-state index contributed by atoms with van der Waals surface area (Å²) in [5.41, 5.74) is 2.44. The minimum atomic E-state index is -4.77. The zero-order chi connectivity index (χ0) is 23.8. The zero-order valence-corrected chi connectivity index (χ0v) is 18.8. The van der Waals surface area contributed by atoms with Crippen LogP contribution in [0.4, 0.5) is 18.9 Å². The zero-order valence-electron chi connectivity index (χ0n) is 18.0. The molecule has 0 spiro atoms. The molecule has 11 heteroatoms. The monoisotopic (exact) mass is 468 g/mol. The number of hydrogen-bond acceptors (Lipinski definition) is 4. The average molecular weight is 469 g/mol. The van der Waals surface area contributed by atoms with Crippen LogP contribution < -0.4 is 5.32 Å². The number of alkyl halides is 3. The van der Waals surface area contributed by atoms with Gasteiger partial charge >= 0.3 is 6.18 Å². The summed E-state index contributed by atoms with van der Waals surface area (Å²) >= 11 is 0. The van der Waals surface area contributed by atoms with Gasteiger partial charge in [0.2, 0.25) is 21.8 Å². The number of carbonyl (C=O) groups is 1. The first-order chi connectivity index (χ1) is 14.8. The van der Waals surface area contributed by atoms with E-state index < -0.39 is 27.9 Å².